The number of hydrogen-bond acceptors (Lipinski definition) is 2. The van der Waals surface area contributed by atoms with E-state index in [0.29, 0.717) is 11.8 Å². The van der Waals surface area contributed by atoms with E-state index in [-0.39, 0.29) is 6.10 Å². The largest absolute Gasteiger partial charge is 0.381 e. The predicted molar refractivity (Wildman–Crippen MR) is 55.4 cm³/mol. The maximum atomic E-state index is 5.70. The molecule has 0 spiro atoms. The Hall–Kier alpha value is -0.670. The SMILES string of the molecule is CC(C)OCCNc1c[nH]c(Cl)c1. The highest BCUT2D eigenvalue weighted by Gasteiger charge is 1.96. The summed E-state index contributed by atoms with van der Waals surface area (Å²) in [5, 5.41) is 3.83. The number of nitrogens with one attached hydrogen (secondary N) is 2. The van der Waals surface area contributed by atoms with Gasteiger partial charge in [-0.3, -0.25) is 0 Å². The molecule has 0 saturated heterocycles. The van der Waals surface area contributed by atoms with E-state index >= 15 is 0 Å². The standard InChI is InChI=1S/C9H15ClN2O/c1-7(2)13-4-3-11-8-5-9(10)12-6-8/h5-7,11-12H,3-4H2,1-2H3. The monoisotopic (exact) mass is 202 g/mol. The number of aromatic amines is 1. The van der Waals surface area contributed by atoms with Crippen LogP contribution in [0.15, 0.2) is 12.3 Å². The van der Waals surface area contributed by atoms with Crippen molar-refractivity contribution < 1.29 is 4.74 Å². The number of hydrogen-bond donors (Lipinski definition) is 2. The predicted octanol–water partition coefficient (Wildman–Crippen LogP) is 2.50. The third kappa shape index (κ3) is 4.20. The summed E-state index contributed by atoms with van der Waals surface area (Å²) < 4.78 is 5.36. The van der Waals surface area contributed by atoms with Crippen molar-refractivity contribution in [2.75, 3.05) is 18.5 Å². The number of aromatic nitrogens is 1. The van der Waals surface area contributed by atoms with Crippen molar-refractivity contribution in [1.29, 1.82) is 0 Å². The first-order chi connectivity index (χ1) is 6.18. The van der Waals surface area contributed by atoms with Gasteiger partial charge in [0.1, 0.15) is 5.15 Å². The van der Waals surface area contributed by atoms with E-state index in [1.807, 2.05) is 26.1 Å². The first kappa shape index (κ1) is 10.4. The van der Waals surface area contributed by atoms with Crippen LogP contribution in [0.5, 0.6) is 0 Å². The van der Waals surface area contributed by atoms with E-state index in [1.165, 1.54) is 0 Å². The van der Waals surface area contributed by atoms with Crippen molar-refractivity contribution in [3.8, 4) is 0 Å². The van der Waals surface area contributed by atoms with Crippen molar-refractivity contribution in [2.45, 2.75) is 20.0 Å². The zero-order valence-electron chi connectivity index (χ0n) is 7.93. The van der Waals surface area contributed by atoms with Gasteiger partial charge in [0, 0.05) is 12.7 Å². The maximum Gasteiger partial charge on any atom is 0.108 e. The lowest BCUT2D eigenvalue weighted by Crippen LogP contribution is -2.12. The topological polar surface area (TPSA) is 37.0 Å². The maximum absolute atomic E-state index is 5.70. The Morgan fingerprint density at radius 2 is 2.38 bits per heavy atom. The summed E-state index contributed by atoms with van der Waals surface area (Å²) in [5.41, 5.74) is 0.998. The van der Waals surface area contributed by atoms with Crippen LogP contribution >= 0.6 is 11.6 Å². The highest BCUT2D eigenvalue weighted by atomic mass is 35.5. The molecule has 3 nitrogen and oxygen atoms in total. The number of anilines is 1. The van der Waals surface area contributed by atoms with Crippen LogP contribution in [0.4, 0.5) is 5.69 Å². The lowest BCUT2D eigenvalue weighted by Gasteiger charge is -2.07. The van der Waals surface area contributed by atoms with Gasteiger partial charge in [-0.15, -0.1) is 0 Å². The third-order valence-electron chi connectivity index (χ3n) is 1.53. The molecule has 0 bridgehead atoms. The van der Waals surface area contributed by atoms with E-state index in [9.17, 15) is 0 Å². The van der Waals surface area contributed by atoms with Gasteiger partial charge < -0.3 is 15.0 Å². The van der Waals surface area contributed by atoms with Crippen molar-refractivity contribution in [3.05, 3.63) is 17.4 Å². The smallest absolute Gasteiger partial charge is 0.108 e. The van der Waals surface area contributed by atoms with Crippen LogP contribution in [-0.2, 0) is 4.74 Å². The molecule has 0 saturated carbocycles. The number of halogens is 1. The number of ether oxygens (including phenoxy) is 1. The fourth-order valence-electron chi connectivity index (χ4n) is 0.959. The van der Waals surface area contributed by atoms with Crippen molar-refractivity contribution in [1.82, 2.24) is 4.98 Å². The summed E-state index contributed by atoms with van der Waals surface area (Å²) in [4.78, 5) is 2.88. The summed E-state index contributed by atoms with van der Waals surface area (Å²) in [7, 11) is 0. The Kier molecular flexibility index (Phi) is 4.12. The van der Waals surface area contributed by atoms with E-state index in [1.54, 1.807) is 0 Å². The van der Waals surface area contributed by atoms with Crippen LogP contribution in [0, 0.1) is 0 Å². The Morgan fingerprint density at radius 3 is 2.92 bits per heavy atom. The molecule has 1 heterocycles. The number of H-pyrrole nitrogens is 1. The zero-order valence-corrected chi connectivity index (χ0v) is 8.69. The highest BCUT2D eigenvalue weighted by molar-refractivity contribution is 6.29. The minimum absolute atomic E-state index is 0.289. The van der Waals surface area contributed by atoms with Gasteiger partial charge >= 0.3 is 0 Å². The van der Waals surface area contributed by atoms with Gasteiger partial charge in [-0.2, -0.15) is 0 Å². The van der Waals surface area contributed by atoms with Gasteiger partial charge in [0.2, 0.25) is 0 Å². The fourth-order valence-corrected chi connectivity index (χ4v) is 1.13. The van der Waals surface area contributed by atoms with E-state index < -0.39 is 0 Å². The molecule has 4 heteroatoms. The zero-order chi connectivity index (χ0) is 9.68. The van der Waals surface area contributed by atoms with Gasteiger partial charge in [0.25, 0.3) is 0 Å². The van der Waals surface area contributed by atoms with E-state index in [4.69, 9.17) is 16.3 Å². The van der Waals surface area contributed by atoms with Crippen LogP contribution in [-0.4, -0.2) is 24.2 Å². The molecular weight excluding hydrogens is 188 g/mol. The molecule has 0 amide bonds. The lowest BCUT2D eigenvalue weighted by atomic mass is 10.5. The molecule has 13 heavy (non-hydrogen) atoms. The molecule has 0 aliphatic carbocycles. The minimum atomic E-state index is 0.289. The van der Waals surface area contributed by atoms with Gasteiger partial charge in [-0.1, -0.05) is 11.6 Å². The van der Waals surface area contributed by atoms with Crippen molar-refractivity contribution in [3.63, 3.8) is 0 Å². The second kappa shape index (κ2) is 5.14. The van der Waals surface area contributed by atoms with E-state index in [0.717, 1.165) is 12.2 Å². The first-order valence-electron chi connectivity index (χ1n) is 4.38. The molecular formula is C9H15ClN2O. The van der Waals surface area contributed by atoms with Crippen molar-refractivity contribution in [2.24, 2.45) is 0 Å². The van der Waals surface area contributed by atoms with Crippen LogP contribution in [0.2, 0.25) is 5.15 Å². The minimum Gasteiger partial charge on any atom is -0.381 e. The average Bonchev–Trinajstić information content (AvgIpc) is 2.45. The van der Waals surface area contributed by atoms with Crippen LogP contribution in [0.25, 0.3) is 0 Å². The molecule has 0 aromatic carbocycles. The highest BCUT2D eigenvalue weighted by Crippen LogP contribution is 2.12. The van der Waals surface area contributed by atoms with Gasteiger partial charge in [0.05, 0.1) is 18.4 Å². The third-order valence-corrected chi connectivity index (χ3v) is 1.75. The summed E-state index contributed by atoms with van der Waals surface area (Å²) >= 11 is 5.70. The normalized spacial score (nSPS) is 10.8. The Morgan fingerprint density at radius 1 is 1.62 bits per heavy atom. The van der Waals surface area contributed by atoms with Crippen molar-refractivity contribution >= 4 is 17.3 Å². The summed E-state index contributed by atoms with van der Waals surface area (Å²) in [6.07, 6.45) is 2.12. The number of rotatable bonds is 5. The van der Waals surface area contributed by atoms with Crippen LogP contribution < -0.4 is 5.32 Å². The molecule has 0 atom stereocenters. The Balaban J connectivity index is 2.13. The molecule has 0 aliphatic rings. The van der Waals surface area contributed by atoms with Crippen LogP contribution in [0.3, 0.4) is 0 Å². The fraction of sp³-hybridized carbons (Fsp3) is 0.556. The second-order valence-corrected chi connectivity index (χ2v) is 3.49. The molecule has 1 aromatic rings. The molecule has 2 N–H and O–H groups in total. The summed E-state index contributed by atoms with van der Waals surface area (Å²) in [6, 6.07) is 1.84. The van der Waals surface area contributed by atoms with Gasteiger partial charge in [0.15, 0.2) is 0 Å². The first-order valence-corrected chi connectivity index (χ1v) is 4.75. The molecule has 0 fully saturated rings. The molecule has 0 aliphatic heterocycles. The van der Waals surface area contributed by atoms with Crippen LogP contribution in [0.1, 0.15) is 13.8 Å². The summed E-state index contributed by atoms with van der Waals surface area (Å²) in [6.45, 7) is 5.55. The Bertz CT molecular complexity index is 248. The molecule has 0 radical (unpaired) electrons. The molecule has 0 unspecified atom stereocenters. The summed E-state index contributed by atoms with van der Waals surface area (Å²) in [5.74, 6) is 0. The lowest BCUT2D eigenvalue weighted by molar-refractivity contribution is 0.0870. The quantitative estimate of drug-likeness (QED) is 0.720. The molecule has 1 rings (SSSR count). The average molecular weight is 203 g/mol. The van der Waals surface area contributed by atoms with Gasteiger partial charge in [-0.05, 0) is 19.9 Å². The molecule has 1 aromatic heterocycles. The second-order valence-electron chi connectivity index (χ2n) is 3.08. The van der Waals surface area contributed by atoms with E-state index in [2.05, 4.69) is 10.3 Å². The molecule has 74 valence electrons. The Labute approximate surface area is 83.4 Å². The van der Waals surface area contributed by atoms with Gasteiger partial charge in [-0.25, -0.2) is 0 Å².